The van der Waals surface area contributed by atoms with Crippen LogP contribution in [0.5, 0.6) is 0 Å². The van der Waals surface area contributed by atoms with Crippen LogP contribution in [0.3, 0.4) is 0 Å². The molecule has 0 aromatic heterocycles. The number of benzene rings is 1. The maximum absolute atomic E-state index is 11.6. The summed E-state index contributed by atoms with van der Waals surface area (Å²) in [7, 11) is 0. The molecule has 0 spiro atoms. The van der Waals surface area contributed by atoms with Gasteiger partial charge in [0, 0.05) is 30.8 Å². The maximum atomic E-state index is 11.6. The Morgan fingerprint density at radius 3 is 2.48 bits per heavy atom. The van der Waals surface area contributed by atoms with Gasteiger partial charge < -0.3 is 15.7 Å². The van der Waals surface area contributed by atoms with Gasteiger partial charge in [-0.1, -0.05) is 0 Å². The van der Waals surface area contributed by atoms with Crippen molar-refractivity contribution in [2.24, 2.45) is 0 Å². The predicted octanol–water partition coefficient (Wildman–Crippen LogP) is 1.67. The number of anilines is 1. The number of aliphatic hydroxyl groups excluding tert-OH is 1. The minimum atomic E-state index is -0.608. The SMILES string of the molecule is CC(C)(CO)NC(=O)CCCNc1ccc([N+](=O)[O-])cc1. The summed E-state index contributed by atoms with van der Waals surface area (Å²) >= 11 is 0. The highest BCUT2D eigenvalue weighted by molar-refractivity contribution is 5.76. The minimum absolute atomic E-state index is 0.0474. The van der Waals surface area contributed by atoms with Crippen molar-refractivity contribution in [3.05, 3.63) is 34.4 Å². The molecule has 1 aromatic carbocycles. The van der Waals surface area contributed by atoms with E-state index in [-0.39, 0.29) is 18.2 Å². The van der Waals surface area contributed by atoms with Gasteiger partial charge in [-0.2, -0.15) is 0 Å². The van der Waals surface area contributed by atoms with E-state index < -0.39 is 10.5 Å². The molecule has 1 rings (SSSR count). The van der Waals surface area contributed by atoms with Crippen LogP contribution < -0.4 is 10.6 Å². The first-order valence-corrected chi connectivity index (χ1v) is 6.74. The lowest BCUT2D eigenvalue weighted by molar-refractivity contribution is -0.384. The van der Waals surface area contributed by atoms with Gasteiger partial charge in [-0.25, -0.2) is 0 Å². The fraction of sp³-hybridized carbons (Fsp3) is 0.500. The summed E-state index contributed by atoms with van der Waals surface area (Å²) in [5.74, 6) is -0.112. The van der Waals surface area contributed by atoms with E-state index in [1.54, 1.807) is 26.0 Å². The van der Waals surface area contributed by atoms with Crippen LogP contribution in [0.4, 0.5) is 11.4 Å². The molecule has 0 heterocycles. The summed E-state index contributed by atoms with van der Waals surface area (Å²) in [5.41, 5.74) is 0.214. The van der Waals surface area contributed by atoms with E-state index in [1.165, 1.54) is 12.1 Å². The van der Waals surface area contributed by atoms with Gasteiger partial charge in [0.2, 0.25) is 5.91 Å². The molecular weight excluding hydrogens is 274 g/mol. The Labute approximate surface area is 123 Å². The summed E-state index contributed by atoms with van der Waals surface area (Å²) in [5, 5.41) is 25.4. The number of hydrogen-bond donors (Lipinski definition) is 3. The number of carbonyl (C=O) groups excluding carboxylic acids is 1. The van der Waals surface area contributed by atoms with E-state index in [1.807, 2.05) is 0 Å². The summed E-state index contributed by atoms with van der Waals surface area (Å²) in [6, 6.07) is 6.12. The average molecular weight is 295 g/mol. The Morgan fingerprint density at radius 2 is 1.95 bits per heavy atom. The smallest absolute Gasteiger partial charge is 0.269 e. The first-order chi connectivity index (χ1) is 9.84. The van der Waals surface area contributed by atoms with Crippen molar-refractivity contribution in [1.29, 1.82) is 0 Å². The van der Waals surface area contributed by atoms with Crippen LogP contribution in [0.15, 0.2) is 24.3 Å². The molecule has 0 saturated heterocycles. The summed E-state index contributed by atoms with van der Waals surface area (Å²) in [6.45, 7) is 3.98. The van der Waals surface area contributed by atoms with Gasteiger partial charge in [0.25, 0.3) is 5.69 Å². The molecular formula is C14H21N3O4. The first-order valence-electron chi connectivity index (χ1n) is 6.74. The van der Waals surface area contributed by atoms with Gasteiger partial charge in [-0.05, 0) is 32.4 Å². The van der Waals surface area contributed by atoms with Crippen LogP contribution in [-0.4, -0.2) is 34.6 Å². The van der Waals surface area contributed by atoms with Crippen LogP contribution in [0.1, 0.15) is 26.7 Å². The summed E-state index contributed by atoms with van der Waals surface area (Å²) < 4.78 is 0. The number of non-ortho nitro benzene ring substituents is 1. The monoisotopic (exact) mass is 295 g/mol. The van der Waals surface area contributed by atoms with E-state index in [0.717, 1.165) is 5.69 Å². The van der Waals surface area contributed by atoms with Crippen LogP contribution in [0.2, 0.25) is 0 Å². The van der Waals surface area contributed by atoms with E-state index in [4.69, 9.17) is 5.11 Å². The predicted molar refractivity (Wildman–Crippen MR) is 80.1 cm³/mol. The Bertz CT molecular complexity index is 485. The summed E-state index contributed by atoms with van der Waals surface area (Å²) in [4.78, 5) is 21.7. The van der Waals surface area contributed by atoms with E-state index in [0.29, 0.717) is 19.4 Å². The molecule has 0 bridgehead atoms. The zero-order chi connectivity index (χ0) is 15.9. The van der Waals surface area contributed by atoms with Crippen molar-refractivity contribution in [2.45, 2.75) is 32.2 Å². The lowest BCUT2D eigenvalue weighted by atomic mass is 10.1. The molecule has 1 aromatic rings. The zero-order valence-corrected chi connectivity index (χ0v) is 12.3. The highest BCUT2D eigenvalue weighted by Crippen LogP contribution is 2.15. The molecule has 0 aliphatic heterocycles. The molecule has 0 radical (unpaired) electrons. The van der Waals surface area contributed by atoms with Gasteiger partial charge in [-0.15, -0.1) is 0 Å². The fourth-order valence-corrected chi connectivity index (χ4v) is 1.66. The van der Waals surface area contributed by atoms with Crippen molar-refractivity contribution in [3.8, 4) is 0 Å². The first kappa shape index (κ1) is 16.9. The van der Waals surface area contributed by atoms with Gasteiger partial charge in [0.1, 0.15) is 0 Å². The molecule has 0 unspecified atom stereocenters. The third kappa shape index (κ3) is 6.22. The lowest BCUT2D eigenvalue weighted by Gasteiger charge is -2.23. The fourth-order valence-electron chi connectivity index (χ4n) is 1.66. The number of carbonyl (C=O) groups is 1. The lowest BCUT2D eigenvalue weighted by Crippen LogP contribution is -2.46. The molecule has 0 atom stereocenters. The number of nitro benzene ring substituents is 1. The molecule has 0 aliphatic carbocycles. The third-order valence-electron chi connectivity index (χ3n) is 2.86. The van der Waals surface area contributed by atoms with Gasteiger partial charge in [0.05, 0.1) is 17.1 Å². The van der Waals surface area contributed by atoms with Crippen LogP contribution in [0, 0.1) is 10.1 Å². The normalized spacial score (nSPS) is 11.0. The van der Waals surface area contributed by atoms with E-state index >= 15 is 0 Å². The largest absolute Gasteiger partial charge is 0.394 e. The number of aliphatic hydroxyl groups is 1. The minimum Gasteiger partial charge on any atom is -0.394 e. The Kier molecular flexibility index (Phi) is 6.10. The van der Waals surface area contributed by atoms with Crippen LogP contribution in [0.25, 0.3) is 0 Å². The number of hydrogen-bond acceptors (Lipinski definition) is 5. The second-order valence-corrected chi connectivity index (χ2v) is 5.42. The van der Waals surface area contributed by atoms with Crippen molar-refractivity contribution < 1.29 is 14.8 Å². The topological polar surface area (TPSA) is 104 Å². The number of nitro groups is 1. The Morgan fingerprint density at radius 1 is 1.33 bits per heavy atom. The second-order valence-electron chi connectivity index (χ2n) is 5.42. The summed E-state index contributed by atoms with van der Waals surface area (Å²) in [6.07, 6.45) is 0.980. The van der Waals surface area contributed by atoms with Crippen molar-refractivity contribution >= 4 is 17.3 Å². The zero-order valence-electron chi connectivity index (χ0n) is 12.3. The van der Waals surface area contributed by atoms with Crippen molar-refractivity contribution in [3.63, 3.8) is 0 Å². The van der Waals surface area contributed by atoms with Gasteiger partial charge in [0.15, 0.2) is 0 Å². The van der Waals surface area contributed by atoms with Gasteiger partial charge >= 0.3 is 0 Å². The van der Waals surface area contributed by atoms with E-state index in [2.05, 4.69) is 10.6 Å². The van der Waals surface area contributed by atoms with Crippen LogP contribution >= 0.6 is 0 Å². The standard InChI is InChI=1S/C14H21N3O4/c1-14(2,10-18)16-13(19)4-3-9-15-11-5-7-12(8-6-11)17(20)21/h5-8,15,18H,3-4,9-10H2,1-2H3,(H,16,19). The average Bonchev–Trinajstić information content (AvgIpc) is 2.43. The molecule has 7 nitrogen and oxygen atoms in total. The number of nitrogens with one attached hydrogen (secondary N) is 2. The highest BCUT2D eigenvalue weighted by Gasteiger charge is 2.18. The molecule has 0 fully saturated rings. The van der Waals surface area contributed by atoms with Crippen LogP contribution in [-0.2, 0) is 4.79 Å². The van der Waals surface area contributed by atoms with Crippen molar-refractivity contribution in [1.82, 2.24) is 5.32 Å². The molecule has 21 heavy (non-hydrogen) atoms. The third-order valence-corrected chi connectivity index (χ3v) is 2.86. The Hall–Kier alpha value is -2.15. The maximum Gasteiger partial charge on any atom is 0.269 e. The molecule has 3 N–H and O–H groups in total. The Balaban J connectivity index is 2.28. The molecule has 0 saturated carbocycles. The van der Waals surface area contributed by atoms with Gasteiger partial charge in [-0.3, -0.25) is 14.9 Å². The number of amides is 1. The molecule has 7 heteroatoms. The second kappa shape index (κ2) is 7.58. The molecule has 0 aliphatic rings. The highest BCUT2D eigenvalue weighted by atomic mass is 16.6. The quantitative estimate of drug-likeness (QED) is 0.384. The van der Waals surface area contributed by atoms with Crippen molar-refractivity contribution in [2.75, 3.05) is 18.5 Å². The molecule has 1 amide bonds. The number of nitrogens with zero attached hydrogens (tertiary/aromatic N) is 1. The number of rotatable bonds is 8. The van der Waals surface area contributed by atoms with E-state index in [9.17, 15) is 14.9 Å². The molecule has 116 valence electrons.